The Hall–Kier alpha value is -2.67. The van der Waals surface area contributed by atoms with Gasteiger partial charge in [0.15, 0.2) is 18.2 Å². The molecule has 8 heteroatoms. The molecule has 0 saturated carbocycles. The minimum Gasteiger partial charge on any atom is -0.484 e. The molecule has 5 nitrogen and oxygen atoms in total. The zero-order chi connectivity index (χ0) is 18.4. The van der Waals surface area contributed by atoms with Gasteiger partial charge in [0.25, 0.3) is 5.91 Å². The Kier molecular flexibility index (Phi) is 6.30. The summed E-state index contributed by atoms with van der Waals surface area (Å²) in [7, 11) is 1.42. The van der Waals surface area contributed by atoms with E-state index in [-0.39, 0.29) is 12.3 Å². The van der Waals surface area contributed by atoms with Gasteiger partial charge in [0.05, 0.1) is 17.3 Å². The molecule has 0 saturated heterocycles. The fourth-order valence-corrected chi connectivity index (χ4v) is 2.06. The third kappa shape index (κ3) is 5.42. The third-order valence-electron chi connectivity index (χ3n) is 3.21. The monoisotopic (exact) mass is 368 g/mol. The van der Waals surface area contributed by atoms with Crippen molar-refractivity contribution in [2.45, 2.75) is 0 Å². The Labute approximate surface area is 148 Å². The van der Waals surface area contributed by atoms with Crippen molar-refractivity contribution in [2.24, 2.45) is 0 Å². The summed E-state index contributed by atoms with van der Waals surface area (Å²) in [5, 5.41) is 2.97. The highest BCUT2D eigenvalue weighted by molar-refractivity contribution is 6.33. The molecule has 2 aromatic carbocycles. The van der Waals surface area contributed by atoms with Gasteiger partial charge in [0.2, 0.25) is 5.91 Å². The van der Waals surface area contributed by atoms with E-state index < -0.39 is 30.1 Å². The molecule has 0 spiro atoms. The van der Waals surface area contributed by atoms with Crippen molar-refractivity contribution < 1.29 is 23.1 Å². The maximum atomic E-state index is 13.1. The standard InChI is InChI=1S/C17H15ClF2N2O3/c1-22(9-16(23)21-15-5-3-2-4-12(15)18)17(24)10-25-11-6-7-13(19)14(20)8-11/h2-8H,9-10H2,1H3,(H,21,23). The van der Waals surface area contributed by atoms with Gasteiger partial charge in [-0.3, -0.25) is 9.59 Å². The normalized spacial score (nSPS) is 10.2. The second-order valence-corrected chi connectivity index (χ2v) is 5.55. The van der Waals surface area contributed by atoms with Crippen LogP contribution in [0.2, 0.25) is 5.02 Å². The van der Waals surface area contributed by atoms with Crippen molar-refractivity contribution in [1.82, 2.24) is 4.90 Å². The van der Waals surface area contributed by atoms with E-state index in [1.54, 1.807) is 24.3 Å². The van der Waals surface area contributed by atoms with Gasteiger partial charge < -0.3 is 15.0 Å². The molecule has 132 valence electrons. The van der Waals surface area contributed by atoms with Crippen LogP contribution >= 0.6 is 11.6 Å². The minimum atomic E-state index is -1.07. The van der Waals surface area contributed by atoms with E-state index in [9.17, 15) is 18.4 Å². The highest BCUT2D eigenvalue weighted by Gasteiger charge is 2.15. The number of ether oxygens (including phenoxy) is 1. The number of benzene rings is 2. The first-order valence-electron chi connectivity index (χ1n) is 7.23. The molecule has 0 aliphatic carbocycles. The van der Waals surface area contributed by atoms with E-state index >= 15 is 0 Å². The second-order valence-electron chi connectivity index (χ2n) is 5.14. The van der Waals surface area contributed by atoms with Crippen LogP contribution in [-0.4, -0.2) is 36.9 Å². The molecule has 0 atom stereocenters. The zero-order valence-corrected chi connectivity index (χ0v) is 14.0. The Morgan fingerprint density at radius 2 is 1.88 bits per heavy atom. The SMILES string of the molecule is CN(CC(=O)Nc1ccccc1Cl)C(=O)COc1ccc(F)c(F)c1. The highest BCUT2D eigenvalue weighted by atomic mass is 35.5. The number of hydrogen-bond acceptors (Lipinski definition) is 3. The quantitative estimate of drug-likeness (QED) is 0.852. The average Bonchev–Trinajstić information content (AvgIpc) is 2.57. The summed E-state index contributed by atoms with van der Waals surface area (Å²) < 4.78 is 31.0. The van der Waals surface area contributed by atoms with Crippen molar-refractivity contribution in [3.05, 3.63) is 59.1 Å². The van der Waals surface area contributed by atoms with Crippen LogP contribution in [0, 0.1) is 11.6 Å². The number of nitrogens with one attached hydrogen (secondary N) is 1. The molecule has 0 bridgehead atoms. The summed E-state index contributed by atoms with van der Waals surface area (Å²) in [5.41, 5.74) is 0.438. The zero-order valence-electron chi connectivity index (χ0n) is 13.3. The van der Waals surface area contributed by atoms with Crippen molar-refractivity contribution >= 4 is 29.1 Å². The summed E-state index contributed by atoms with van der Waals surface area (Å²) in [6.07, 6.45) is 0. The van der Waals surface area contributed by atoms with Crippen LogP contribution in [-0.2, 0) is 9.59 Å². The summed E-state index contributed by atoms with van der Waals surface area (Å²) in [5.74, 6) is -3.00. The lowest BCUT2D eigenvalue weighted by atomic mass is 10.3. The topological polar surface area (TPSA) is 58.6 Å². The second kappa shape index (κ2) is 8.43. The summed E-state index contributed by atoms with van der Waals surface area (Å²) >= 11 is 5.94. The smallest absolute Gasteiger partial charge is 0.260 e. The van der Waals surface area contributed by atoms with Crippen molar-refractivity contribution in [3.63, 3.8) is 0 Å². The van der Waals surface area contributed by atoms with Gasteiger partial charge in [0.1, 0.15) is 5.75 Å². The van der Waals surface area contributed by atoms with Crippen LogP contribution in [0.5, 0.6) is 5.75 Å². The fraction of sp³-hybridized carbons (Fsp3) is 0.176. The summed E-state index contributed by atoms with van der Waals surface area (Å²) in [4.78, 5) is 25.0. The van der Waals surface area contributed by atoms with E-state index in [4.69, 9.17) is 16.3 Å². The molecule has 1 N–H and O–H groups in total. The first-order chi connectivity index (χ1) is 11.9. The van der Waals surface area contributed by atoms with E-state index in [0.29, 0.717) is 10.7 Å². The number of rotatable bonds is 6. The summed E-state index contributed by atoms with van der Waals surface area (Å²) in [6, 6.07) is 9.64. The summed E-state index contributed by atoms with van der Waals surface area (Å²) in [6.45, 7) is -0.633. The van der Waals surface area contributed by atoms with E-state index in [0.717, 1.165) is 17.0 Å². The largest absolute Gasteiger partial charge is 0.484 e. The maximum Gasteiger partial charge on any atom is 0.260 e. The van der Waals surface area contributed by atoms with E-state index in [1.807, 2.05) is 0 Å². The molecule has 0 aromatic heterocycles. The average molecular weight is 369 g/mol. The van der Waals surface area contributed by atoms with Crippen LogP contribution in [0.4, 0.5) is 14.5 Å². The van der Waals surface area contributed by atoms with Crippen molar-refractivity contribution in [2.75, 3.05) is 25.5 Å². The van der Waals surface area contributed by atoms with Crippen LogP contribution < -0.4 is 10.1 Å². The molecule has 0 unspecified atom stereocenters. The van der Waals surface area contributed by atoms with Crippen molar-refractivity contribution in [1.29, 1.82) is 0 Å². The van der Waals surface area contributed by atoms with Gasteiger partial charge in [-0.25, -0.2) is 8.78 Å². The predicted octanol–water partition coefficient (Wildman–Crippen LogP) is 3.09. The molecule has 0 heterocycles. The maximum absolute atomic E-state index is 13.1. The highest BCUT2D eigenvalue weighted by Crippen LogP contribution is 2.20. The molecule has 2 aromatic rings. The number of hydrogen-bond donors (Lipinski definition) is 1. The van der Waals surface area contributed by atoms with Gasteiger partial charge in [-0.05, 0) is 24.3 Å². The minimum absolute atomic E-state index is 0.0150. The lowest BCUT2D eigenvalue weighted by molar-refractivity contribution is -0.135. The molecule has 25 heavy (non-hydrogen) atoms. The van der Waals surface area contributed by atoms with Crippen LogP contribution in [0.3, 0.4) is 0 Å². The third-order valence-corrected chi connectivity index (χ3v) is 3.54. The molecular formula is C17H15ClF2N2O3. The molecule has 0 fully saturated rings. The number of carbonyl (C=O) groups is 2. The number of halogens is 3. The lowest BCUT2D eigenvalue weighted by Gasteiger charge is -2.17. The Bertz CT molecular complexity index is 786. The number of likely N-dealkylation sites (N-methyl/N-ethyl adjacent to an activating group) is 1. The van der Waals surface area contributed by atoms with Gasteiger partial charge in [-0.2, -0.15) is 0 Å². The van der Waals surface area contributed by atoms with E-state index in [2.05, 4.69) is 5.32 Å². The molecule has 2 amide bonds. The first-order valence-corrected chi connectivity index (χ1v) is 7.61. The lowest BCUT2D eigenvalue weighted by Crippen LogP contribution is -2.37. The Morgan fingerprint density at radius 1 is 1.16 bits per heavy atom. The Balaban J connectivity index is 1.84. The molecule has 0 radical (unpaired) electrons. The molecular weight excluding hydrogens is 354 g/mol. The number of anilines is 1. The van der Waals surface area contributed by atoms with Gasteiger partial charge in [-0.15, -0.1) is 0 Å². The van der Waals surface area contributed by atoms with Crippen LogP contribution in [0.25, 0.3) is 0 Å². The fourth-order valence-electron chi connectivity index (χ4n) is 1.88. The molecule has 0 aliphatic heterocycles. The number of amides is 2. The van der Waals surface area contributed by atoms with Gasteiger partial charge in [0, 0.05) is 13.1 Å². The van der Waals surface area contributed by atoms with Gasteiger partial charge >= 0.3 is 0 Å². The molecule has 0 aliphatic rings. The molecule has 2 rings (SSSR count). The first kappa shape index (κ1) is 18.7. The van der Waals surface area contributed by atoms with Gasteiger partial charge in [-0.1, -0.05) is 23.7 Å². The van der Waals surface area contributed by atoms with Crippen LogP contribution in [0.1, 0.15) is 0 Å². The van der Waals surface area contributed by atoms with Crippen LogP contribution in [0.15, 0.2) is 42.5 Å². The number of carbonyl (C=O) groups excluding carboxylic acids is 2. The van der Waals surface area contributed by atoms with Crippen molar-refractivity contribution in [3.8, 4) is 5.75 Å². The number of para-hydroxylation sites is 1. The number of nitrogens with zero attached hydrogens (tertiary/aromatic N) is 1. The predicted molar refractivity (Wildman–Crippen MR) is 89.6 cm³/mol. The Morgan fingerprint density at radius 3 is 2.56 bits per heavy atom. The van der Waals surface area contributed by atoms with E-state index in [1.165, 1.54) is 13.1 Å².